The van der Waals surface area contributed by atoms with Crippen LogP contribution in [0.1, 0.15) is 18.4 Å². The fourth-order valence-corrected chi connectivity index (χ4v) is 3.37. The molecule has 0 saturated carbocycles. The van der Waals surface area contributed by atoms with Crippen molar-refractivity contribution < 1.29 is 14.3 Å². The van der Waals surface area contributed by atoms with Crippen LogP contribution >= 0.6 is 0 Å². The van der Waals surface area contributed by atoms with Crippen LogP contribution in [-0.4, -0.2) is 73.6 Å². The zero-order valence-corrected chi connectivity index (χ0v) is 14.7. The summed E-state index contributed by atoms with van der Waals surface area (Å²) in [7, 11) is 0. The minimum absolute atomic E-state index is 0.0470. The summed E-state index contributed by atoms with van der Waals surface area (Å²) in [5, 5.41) is 3.19. The summed E-state index contributed by atoms with van der Waals surface area (Å²) in [6.45, 7) is 4.58. The monoisotopic (exact) mass is 345 g/mol. The first-order valence-electron chi connectivity index (χ1n) is 9.17. The van der Waals surface area contributed by atoms with Crippen LogP contribution in [0, 0.1) is 0 Å². The molecule has 1 unspecified atom stereocenters. The lowest BCUT2D eigenvalue weighted by Gasteiger charge is -2.29. The Hall–Kier alpha value is -1.92. The quantitative estimate of drug-likeness (QED) is 0.871. The number of nitrogens with one attached hydrogen (secondary N) is 1. The van der Waals surface area contributed by atoms with Crippen molar-refractivity contribution in [2.75, 3.05) is 45.9 Å². The molecule has 2 heterocycles. The van der Waals surface area contributed by atoms with E-state index in [9.17, 15) is 9.59 Å². The number of hydrogen-bond donors (Lipinski definition) is 1. The lowest BCUT2D eigenvalue weighted by atomic mass is 10.1. The molecule has 2 aliphatic heterocycles. The van der Waals surface area contributed by atoms with Gasteiger partial charge in [-0.3, -0.25) is 9.59 Å². The van der Waals surface area contributed by atoms with Gasteiger partial charge in [0.15, 0.2) is 0 Å². The second-order valence-electron chi connectivity index (χ2n) is 6.61. The lowest BCUT2D eigenvalue weighted by Crippen LogP contribution is -2.50. The van der Waals surface area contributed by atoms with Gasteiger partial charge in [0.1, 0.15) is 6.10 Å². The minimum atomic E-state index is -0.380. The van der Waals surface area contributed by atoms with Crippen molar-refractivity contribution in [2.24, 2.45) is 0 Å². The minimum Gasteiger partial charge on any atom is -0.366 e. The molecule has 0 aromatic heterocycles. The Labute approximate surface area is 149 Å². The number of rotatable bonds is 4. The molecule has 6 heteroatoms. The van der Waals surface area contributed by atoms with Crippen LogP contribution in [-0.2, 0) is 20.7 Å². The molecule has 0 aliphatic carbocycles. The maximum absolute atomic E-state index is 12.6. The average Bonchev–Trinajstić information content (AvgIpc) is 2.93. The van der Waals surface area contributed by atoms with E-state index in [1.807, 2.05) is 40.1 Å². The summed E-state index contributed by atoms with van der Waals surface area (Å²) in [5.74, 6) is 0.222. The topological polar surface area (TPSA) is 61.9 Å². The molecular weight excluding hydrogens is 318 g/mol. The van der Waals surface area contributed by atoms with E-state index < -0.39 is 0 Å². The Morgan fingerprint density at radius 3 is 2.60 bits per heavy atom. The number of hydrogen-bond acceptors (Lipinski definition) is 4. The zero-order valence-electron chi connectivity index (χ0n) is 14.7. The van der Waals surface area contributed by atoms with Crippen molar-refractivity contribution in [2.45, 2.75) is 25.4 Å². The molecule has 1 aromatic rings. The molecule has 0 radical (unpaired) electrons. The van der Waals surface area contributed by atoms with Crippen LogP contribution in [0.15, 0.2) is 30.3 Å². The molecule has 136 valence electrons. The molecule has 2 aliphatic rings. The molecule has 2 fully saturated rings. The normalized spacial score (nSPS) is 21.7. The van der Waals surface area contributed by atoms with Gasteiger partial charge in [-0.1, -0.05) is 30.3 Å². The number of amides is 2. The Morgan fingerprint density at radius 2 is 1.84 bits per heavy atom. The highest BCUT2D eigenvalue weighted by Crippen LogP contribution is 2.11. The second kappa shape index (κ2) is 8.97. The lowest BCUT2D eigenvalue weighted by molar-refractivity contribution is -0.145. The molecule has 1 aromatic carbocycles. The summed E-state index contributed by atoms with van der Waals surface area (Å²) in [4.78, 5) is 28.8. The van der Waals surface area contributed by atoms with Crippen LogP contribution in [0.3, 0.4) is 0 Å². The molecule has 1 atom stereocenters. The molecule has 2 saturated heterocycles. The number of benzene rings is 1. The maximum Gasteiger partial charge on any atom is 0.253 e. The standard InChI is InChI=1S/C19H27N3O3/c23-18(8-7-16-5-2-1-3-6-16)21-10-4-11-22(13-12-21)19(24)17-15-20-9-14-25-17/h1-3,5-6,17,20H,4,7-15H2. The molecule has 25 heavy (non-hydrogen) atoms. The molecular formula is C19H27N3O3. The summed E-state index contributed by atoms with van der Waals surface area (Å²) in [5.41, 5.74) is 1.18. The molecule has 0 bridgehead atoms. The highest BCUT2D eigenvalue weighted by Gasteiger charge is 2.28. The van der Waals surface area contributed by atoms with Crippen molar-refractivity contribution in [3.8, 4) is 0 Å². The fraction of sp³-hybridized carbons (Fsp3) is 0.579. The molecule has 1 N–H and O–H groups in total. The van der Waals surface area contributed by atoms with E-state index >= 15 is 0 Å². The van der Waals surface area contributed by atoms with E-state index in [1.54, 1.807) is 0 Å². The average molecular weight is 345 g/mol. The third-order valence-electron chi connectivity index (χ3n) is 4.83. The van der Waals surface area contributed by atoms with Gasteiger partial charge in [-0.05, 0) is 18.4 Å². The van der Waals surface area contributed by atoms with Crippen LogP contribution < -0.4 is 5.32 Å². The second-order valence-corrected chi connectivity index (χ2v) is 6.61. The van der Waals surface area contributed by atoms with Crippen molar-refractivity contribution in [3.63, 3.8) is 0 Å². The van der Waals surface area contributed by atoms with E-state index in [4.69, 9.17) is 4.74 Å². The largest absolute Gasteiger partial charge is 0.366 e. The Morgan fingerprint density at radius 1 is 1.08 bits per heavy atom. The van der Waals surface area contributed by atoms with E-state index in [-0.39, 0.29) is 17.9 Å². The molecule has 0 spiro atoms. The van der Waals surface area contributed by atoms with Crippen LogP contribution in [0.25, 0.3) is 0 Å². The molecule has 2 amide bonds. The highest BCUT2D eigenvalue weighted by molar-refractivity contribution is 5.81. The van der Waals surface area contributed by atoms with E-state index in [0.29, 0.717) is 39.2 Å². The predicted octanol–water partition coefficient (Wildman–Crippen LogP) is 0.669. The number of carbonyl (C=O) groups is 2. The van der Waals surface area contributed by atoms with Gasteiger partial charge in [0.2, 0.25) is 5.91 Å². The third kappa shape index (κ3) is 5.03. The van der Waals surface area contributed by atoms with Gasteiger partial charge in [0.05, 0.1) is 6.61 Å². The predicted molar refractivity (Wildman–Crippen MR) is 95.1 cm³/mol. The number of aryl methyl sites for hydroxylation is 1. The van der Waals surface area contributed by atoms with Gasteiger partial charge < -0.3 is 19.9 Å². The number of nitrogens with zero attached hydrogens (tertiary/aromatic N) is 2. The summed E-state index contributed by atoms with van der Waals surface area (Å²) >= 11 is 0. The van der Waals surface area contributed by atoms with Crippen molar-refractivity contribution in [1.82, 2.24) is 15.1 Å². The first-order valence-corrected chi connectivity index (χ1v) is 9.17. The van der Waals surface area contributed by atoms with Crippen LogP contribution in [0.2, 0.25) is 0 Å². The van der Waals surface area contributed by atoms with Gasteiger partial charge in [-0.25, -0.2) is 0 Å². The van der Waals surface area contributed by atoms with E-state index in [0.717, 1.165) is 25.9 Å². The molecule has 6 nitrogen and oxygen atoms in total. The Bertz CT molecular complexity index is 573. The SMILES string of the molecule is O=C(CCc1ccccc1)N1CCCN(C(=O)C2CNCCO2)CC1. The first kappa shape index (κ1) is 17.9. The Kier molecular flexibility index (Phi) is 6.42. The van der Waals surface area contributed by atoms with Gasteiger partial charge in [0.25, 0.3) is 5.91 Å². The fourth-order valence-electron chi connectivity index (χ4n) is 3.37. The van der Waals surface area contributed by atoms with E-state index in [2.05, 4.69) is 5.32 Å². The van der Waals surface area contributed by atoms with Gasteiger partial charge in [-0.2, -0.15) is 0 Å². The summed E-state index contributed by atoms with van der Waals surface area (Å²) in [6.07, 6.45) is 1.73. The first-order chi connectivity index (χ1) is 12.2. The Balaban J connectivity index is 1.47. The number of carbonyl (C=O) groups excluding carboxylic acids is 2. The highest BCUT2D eigenvalue weighted by atomic mass is 16.5. The van der Waals surface area contributed by atoms with Gasteiger partial charge >= 0.3 is 0 Å². The van der Waals surface area contributed by atoms with Crippen molar-refractivity contribution in [3.05, 3.63) is 35.9 Å². The third-order valence-corrected chi connectivity index (χ3v) is 4.83. The maximum atomic E-state index is 12.6. The van der Waals surface area contributed by atoms with Crippen molar-refractivity contribution >= 4 is 11.8 Å². The number of morpholine rings is 1. The van der Waals surface area contributed by atoms with Crippen LogP contribution in [0.5, 0.6) is 0 Å². The summed E-state index contributed by atoms with van der Waals surface area (Å²) in [6, 6.07) is 10.1. The summed E-state index contributed by atoms with van der Waals surface area (Å²) < 4.78 is 5.56. The zero-order chi connectivity index (χ0) is 17.5. The van der Waals surface area contributed by atoms with Gasteiger partial charge in [-0.15, -0.1) is 0 Å². The number of ether oxygens (including phenoxy) is 1. The van der Waals surface area contributed by atoms with E-state index in [1.165, 1.54) is 5.56 Å². The van der Waals surface area contributed by atoms with Gasteiger partial charge in [0, 0.05) is 45.7 Å². The van der Waals surface area contributed by atoms with Crippen LogP contribution in [0.4, 0.5) is 0 Å². The smallest absolute Gasteiger partial charge is 0.253 e. The molecule has 3 rings (SSSR count). The van der Waals surface area contributed by atoms with Crippen molar-refractivity contribution in [1.29, 1.82) is 0 Å².